The van der Waals surface area contributed by atoms with Gasteiger partial charge in [0.2, 0.25) is 11.9 Å². The summed E-state index contributed by atoms with van der Waals surface area (Å²) in [6, 6.07) is 9.64. The molecule has 0 aliphatic heterocycles. The zero-order chi connectivity index (χ0) is 18.5. The molecule has 2 aromatic rings. The van der Waals surface area contributed by atoms with Crippen LogP contribution in [0.5, 0.6) is 0 Å². The van der Waals surface area contributed by atoms with Gasteiger partial charge in [0.05, 0.1) is 0 Å². The minimum atomic E-state index is 0.0964. The minimum Gasteiger partial charge on any atom is -0.357 e. The van der Waals surface area contributed by atoms with Gasteiger partial charge in [-0.05, 0) is 63.8 Å². The summed E-state index contributed by atoms with van der Waals surface area (Å²) < 4.78 is 0. The smallest absolute Gasteiger partial charge is 0.229 e. The molecule has 1 aromatic carbocycles. The van der Waals surface area contributed by atoms with Crippen molar-refractivity contribution in [1.82, 2.24) is 9.97 Å². The van der Waals surface area contributed by atoms with E-state index in [0.717, 1.165) is 36.0 Å². The second-order valence-electron chi connectivity index (χ2n) is 6.76. The average Bonchev–Trinajstić information content (AvgIpc) is 3.41. The van der Waals surface area contributed by atoms with Gasteiger partial charge < -0.3 is 15.5 Å². The van der Waals surface area contributed by atoms with Crippen molar-refractivity contribution in [2.24, 2.45) is 5.92 Å². The number of anilines is 4. The third-order valence-corrected chi connectivity index (χ3v) is 4.52. The molecule has 1 aliphatic carbocycles. The van der Waals surface area contributed by atoms with Gasteiger partial charge in [-0.2, -0.15) is 4.98 Å². The van der Waals surface area contributed by atoms with Crippen molar-refractivity contribution in [1.29, 1.82) is 0 Å². The van der Waals surface area contributed by atoms with Crippen LogP contribution in [-0.2, 0) is 4.79 Å². The molecular weight excluding hydrogens is 326 g/mol. The lowest BCUT2D eigenvalue weighted by molar-refractivity contribution is -0.116. The largest absolute Gasteiger partial charge is 0.357 e. The zero-order valence-electron chi connectivity index (χ0n) is 15.7. The number of aromatic nitrogens is 2. The Morgan fingerprint density at radius 3 is 2.38 bits per heavy atom. The van der Waals surface area contributed by atoms with Crippen LogP contribution < -0.4 is 15.5 Å². The van der Waals surface area contributed by atoms with Gasteiger partial charge >= 0.3 is 0 Å². The van der Waals surface area contributed by atoms with Crippen LogP contribution in [-0.4, -0.2) is 29.0 Å². The van der Waals surface area contributed by atoms with Gasteiger partial charge in [0.15, 0.2) is 0 Å². The van der Waals surface area contributed by atoms with Gasteiger partial charge in [0.1, 0.15) is 5.82 Å². The molecule has 1 heterocycles. The Kier molecular flexibility index (Phi) is 5.71. The molecule has 0 radical (unpaired) electrons. The fourth-order valence-electron chi connectivity index (χ4n) is 2.88. The first-order valence-corrected chi connectivity index (χ1v) is 9.35. The van der Waals surface area contributed by atoms with Crippen LogP contribution in [0, 0.1) is 12.8 Å². The van der Waals surface area contributed by atoms with Gasteiger partial charge in [-0.25, -0.2) is 4.98 Å². The van der Waals surface area contributed by atoms with Gasteiger partial charge in [-0.1, -0.05) is 0 Å². The summed E-state index contributed by atoms with van der Waals surface area (Å²) in [4.78, 5) is 23.2. The molecule has 0 spiro atoms. The predicted octanol–water partition coefficient (Wildman–Crippen LogP) is 4.11. The Hall–Kier alpha value is -2.63. The Labute approximate surface area is 155 Å². The molecule has 138 valence electrons. The lowest BCUT2D eigenvalue weighted by atomic mass is 10.2. The summed E-state index contributed by atoms with van der Waals surface area (Å²) >= 11 is 0. The van der Waals surface area contributed by atoms with E-state index in [-0.39, 0.29) is 5.91 Å². The first-order chi connectivity index (χ1) is 12.6. The Bertz CT molecular complexity index is 751. The van der Waals surface area contributed by atoms with Crippen molar-refractivity contribution in [3.63, 3.8) is 0 Å². The number of rotatable bonds is 8. The fourth-order valence-corrected chi connectivity index (χ4v) is 2.88. The molecule has 1 saturated carbocycles. The molecule has 0 atom stereocenters. The monoisotopic (exact) mass is 353 g/mol. The number of carbonyl (C=O) groups excluding carboxylic acids is 1. The molecule has 0 saturated heterocycles. The molecular formula is C20H27N5O. The normalized spacial score (nSPS) is 13.3. The molecule has 2 N–H and O–H groups in total. The van der Waals surface area contributed by atoms with Crippen molar-refractivity contribution >= 4 is 29.0 Å². The van der Waals surface area contributed by atoms with Crippen LogP contribution in [0.25, 0.3) is 0 Å². The maximum absolute atomic E-state index is 11.9. The summed E-state index contributed by atoms with van der Waals surface area (Å²) in [6.45, 7) is 8.01. The zero-order valence-corrected chi connectivity index (χ0v) is 15.7. The SMILES string of the molecule is CCN(CC)c1cc(C)nc(Nc2ccc(NC(=O)CC3CC3)cc2)n1. The third kappa shape index (κ3) is 4.94. The van der Waals surface area contributed by atoms with Crippen LogP contribution in [0.3, 0.4) is 0 Å². The van der Waals surface area contributed by atoms with Crippen LogP contribution in [0.1, 0.15) is 38.8 Å². The Morgan fingerprint density at radius 2 is 1.77 bits per heavy atom. The highest BCUT2D eigenvalue weighted by molar-refractivity contribution is 5.91. The van der Waals surface area contributed by atoms with E-state index < -0.39 is 0 Å². The molecule has 1 aromatic heterocycles. The lowest BCUT2D eigenvalue weighted by Crippen LogP contribution is -2.23. The van der Waals surface area contributed by atoms with Crippen LogP contribution in [0.2, 0.25) is 0 Å². The predicted molar refractivity (Wildman–Crippen MR) is 106 cm³/mol. The molecule has 1 amide bonds. The quantitative estimate of drug-likeness (QED) is 0.747. The average molecular weight is 353 g/mol. The van der Waals surface area contributed by atoms with E-state index in [1.807, 2.05) is 37.3 Å². The van der Waals surface area contributed by atoms with Gasteiger partial charge in [-0.3, -0.25) is 4.79 Å². The number of benzene rings is 1. The van der Waals surface area contributed by atoms with E-state index in [1.165, 1.54) is 12.8 Å². The molecule has 3 rings (SSSR count). The molecule has 0 bridgehead atoms. The Morgan fingerprint density at radius 1 is 1.12 bits per heavy atom. The van der Waals surface area contributed by atoms with E-state index in [4.69, 9.17) is 0 Å². The molecule has 1 aliphatic rings. The maximum atomic E-state index is 11.9. The summed E-state index contributed by atoms with van der Waals surface area (Å²) in [5.74, 6) is 2.19. The van der Waals surface area contributed by atoms with Crippen LogP contribution in [0.15, 0.2) is 30.3 Å². The number of nitrogens with zero attached hydrogens (tertiary/aromatic N) is 3. The van der Waals surface area contributed by atoms with Gasteiger partial charge in [-0.15, -0.1) is 0 Å². The maximum Gasteiger partial charge on any atom is 0.229 e. The van der Waals surface area contributed by atoms with Crippen molar-refractivity contribution in [3.05, 3.63) is 36.0 Å². The molecule has 1 fully saturated rings. The molecule has 6 heteroatoms. The molecule has 0 unspecified atom stereocenters. The van der Waals surface area contributed by atoms with Crippen LogP contribution in [0.4, 0.5) is 23.1 Å². The topological polar surface area (TPSA) is 70.2 Å². The van der Waals surface area contributed by atoms with Crippen molar-refractivity contribution < 1.29 is 4.79 Å². The van der Waals surface area contributed by atoms with Crippen LogP contribution >= 0.6 is 0 Å². The van der Waals surface area contributed by atoms with Gasteiger partial charge in [0.25, 0.3) is 0 Å². The number of aryl methyl sites for hydroxylation is 1. The summed E-state index contributed by atoms with van der Waals surface area (Å²) in [6.07, 6.45) is 3.00. The Balaban J connectivity index is 1.65. The van der Waals surface area contributed by atoms with Crippen molar-refractivity contribution in [3.8, 4) is 0 Å². The van der Waals surface area contributed by atoms with E-state index in [2.05, 4.69) is 39.3 Å². The molecule has 26 heavy (non-hydrogen) atoms. The summed E-state index contributed by atoms with van der Waals surface area (Å²) in [7, 11) is 0. The number of nitrogens with one attached hydrogen (secondary N) is 2. The highest BCUT2D eigenvalue weighted by Crippen LogP contribution is 2.32. The summed E-state index contributed by atoms with van der Waals surface area (Å²) in [5, 5.41) is 6.20. The first kappa shape index (κ1) is 18.2. The van der Waals surface area contributed by atoms with E-state index in [0.29, 0.717) is 18.3 Å². The number of hydrogen-bond acceptors (Lipinski definition) is 5. The van der Waals surface area contributed by atoms with Gasteiger partial charge in [0, 0.05) is 42.6 Å². The highest BCUT2D eigenvalue weighted by atomic mass is 16.1. The fraction of sp³-hybridized carbons (Fsp3) is 0.450. The second-order valence-corrected chi connectivity index (χ2v) is 6.76. The van der Waals surface area contributed by atoms with E-state index >= 15 is 0 Å². The van der Waals surface area contributed by atoms with E-state index in [9.17, 15) is 4.79 Å². The third-order valence-electron chi connectivity index (χ3n) is 4.52. The minimum absolute atomic E-state index is 0.0964. The number of hydrogen-bond donors (Lipinski definition) is 2. The van der Waals surface area contributed by atoms with Crippen molar-refractivity contribution in [2.75, 3.05) is 28.6 Å². The highest BCUT2D eigenvalue weighted by Gasteiger charge is 2.24. The number of amides is 1. The lowest BCUT2D eigenvalue weighted by Gasteiger charge is -2.20. The molecule has 6 nitrogen and oxygen atoms in total. The van der Waals surface area contributed by atoms with E-state index in [1.54, 1.807) is 0 Å². The van der Waals surface area contributed by atoms with Crippen molar-refractivity contribution in [2.45, 2.75) is 40.0 Å². The second kappa shape index (κ2) is 8.17. The summed E-state index contributed by atoms with van der Waals surface area (Å²) in [5.41, 5.74) is 2.63. The standard InChI is InChI=1S/C20H27N5O/c1-4-25(5-2)18-12-14(3)21-20(24-18)23-17-10-8-16(9-11-17)22-19(26)13-15-6-7-15/h8-12,15H,4-7,13H2,1-3H3,(H,22,26)(H,21,23,24). The number of carbonyl (C=O) groups is 1. The first-order valence-electron chi connectivity index (χ1n) is 9.35.